The van der Waals surface area contributed by atoms with Gasteiger partial charge in [-0.15, -0.1) is 6.58 Å². The Morgan fingerprint density at radius 3 is 2.62 bits per heavy atom. The zero-order valence-electron chi connectivity index (χ0n) is 12.4. The number of nitrogens with zero attached hydrogens (tertiary/aromatic N) is 1. The SMILES string of the molecule is C=CCN(CCOC)S(=O)(=O)c1cc(CN)ccc1OC. The number of nitrogens with two attached hydrogens (primary N) is 1. The molecule has 0 saturated carbocycles. The van der Waals surface area contributed by atoms with Gasteiger partial charge in [-0.2, -0.15) is 4.31 Å². The number of hydrogen-bond donors (Lipinski definition) is 1. The van der Waals surface area contributed by atoms with Crippen molar-refractivity contribution in [2.24, 2.45) is 5.73 Å². The molecule has 1 aromatic rings. The highest BCUT2D eigenvalue weighted by Crippen LogP contribution is 2.27. The van der Waals surface area contributed by atoms with Crippen molar-refractivity contribution in [3.63, 3.8) is 0 Å². The van der Waals surface area contributed by atoms with Gasteiger partial charge in [-0.05, 0) is 17.7 Å². The van der Waals surface area contributed by atoms with Crippen LogP contribution in [0, 0.1) is 0 Å². The van der Waals surface area contributed by atoms with Gasteiger partial charge in [-0.25, -0.2) is 8.42 Å². The van der Waals surface area contributed by atoms with Crippen LogP contribution in [0.3, 0.4) is 0 Å². The predicted molar refractivity (Wildman–Crippen MR) is 81.7 cm³/mol. The van der Waals surface area contributed by atoms with Crippen molar-refractivity contribution in [2.75, 3.05) is 33.9 Å². The fourth-order valence-corrected chi connectivity index (χ4v) is 3.44. The zero-order valence-corrected chi connectivity index (χ0v) is 13.2. The molecule has 0 aliphatic rings. The van der Waals surface area contributed by atoms with E-state index in [9.17, 15) is 8.42 Å². The third-order valence-electron chi connectivity index (χ3n) is 2.96. The van der Waals surface area contributed by atoms with Crippen molar-refractivity contribution >= 4 is 10.0 Å². The van der Waals surface area contributed by atoms with Gasteiger partial charge in [0, 0.05) is 26.7 Å². The first-order valence-corrected chi connectivity index (χ1v) is 7.92. The molecule has 0 heterocycles. The van der Waals surface area contributed by atoms with E-state index in [0.29, 0.717) is 12.4 Å². The summed E-state index contributed by atoms with van der Waals surface area (Å²) < 4.78 is 37.0. The Labute approximate surface area is 126 Å². The van der Waals surface area contributed by atoms with E-state index in [1.165, 1.54) is 30.7 Å². The van der Waals surface area contributed by atoms with E-state index in [1.807, 2.05) is 0 Å². The van der Waals surface area contributed by atoms with Gasteiger partial charge in [0.05, 0.1) is 13.7 Å². The van der Waals surface area contributed by atoms with E-state index in [-0.39, 0.29) is 24.5 Å². The highest BCUT2D eigenvalue weighted by molar-refractivity contribution is 7.89. The van der Waals surface area contributed by atoms with Gasteiger partial charge in [-0.1, -0.05) is 12.1 Å². The molecule has 0 saturated heterocycles. The summed E-state index contributed by atoms with van der Waals surface area (Å²) in [6.45, 7) is 4.58. The normalized spacial score (nSPS) is 11.6. The summed E-state index contributed by atoms with van der Waals surface area (Å²) >= 11 is 0. The molecule has 7 heteroatoms. The van der Waals surface area contributed by atoms with E-state index in [1.54, 1.807) is 12.1 Å². The average Bonchev–Trinajstić information content (AvgIpc) is 2.50. The van der Waals surface area contributed by atoms with Gasteiger partial charge in [0.15, 0.2) is 0 Å². The molecule has 0 aliphatic carbocycles. The Balaban J connectivity index is 3.28. The molecule has 21 heavy (non-hydrogen) atoms. The van der Waals surface area contributed by atoms with Crippen LogP contribution in [-0.4, -0.2) is 46.6 Å². The van der Waals surface area contributed by atoms with Gasteiger partial charge in [0.25, 0.3) is 0 Å². The molecule has 2 N–H and O–H groups in total. The van der Waals surface area contributed by atoms with Gasteiger partial charge >= 0.3 is 0 Å². The molecule has 0 spiro atoms. The molecule has 1 aromatic carbocycles. The number of rotatable bonds is 9. The number of benzene rings is 1. The van der Waals surface area contributed by atoms with E-state index < -0.39 is 10.0 Å². The highest BCUT2D eigenvalue weighted by atomic mass is 32.2. The van der Waals surface area contributed by atoms with Crippen molar-refractivity contribution in [1.82, 2.24) is 4.31 Å². The molecule has 0 amide bonds. The third kappa shape index (κ3) is 4.28. The summed E-state index contributed by atoms with van der Waals surface area (Å²) in [4.78, 5) is 0.103. The van der Waals surface area contributed by atoms with Crippen LogP contribution in [0.5, 0.6) is 5.75 Å². The monoisotopic (exact) mass is 314 g/mol. The first-order valence-electron chi connectivity index (χ1n) is 6.48. The molecular formula is C14H22N2O4S. The van der Waals surface area contributed by atoms with Crippen LogP contribution in [0.15, 0.2) is 35.7 Å². The minimum atomic E-state index is -3.71. The lowest BCUT2D eigenvalue weighted by Crippen LogP contribution is -2.34. The van der Waals surface area contributed by atoms with Crippen molar-refractivity contribution in [3.8, 4) is 5.75 Å². The fraction of sp³-hybridized carbons (Fsp3) is 0.429. The molecule has 0 unspecified atom stereocenters. The van der Waals surface area contributed by atoms with Crippen LogP contribution < -0.4 is 10.5 Å². The van der Waals surface area contributed by atoms with Crippen LogP contribution in [0.2, 0.25) is 0 Å². The molecule has 0 aliphatic heterocycles. The molecule has 0 fully saturated rings. The molecule has 1 rings (SSSR count). The second-order valence-corrected chi connectivity index (χ2v) is 6.24. The van der Waals surface area contributed by atoms with Gasteiger partial charge < -0.3 is 15.2 Å². The predicted octanol–water partition coefficient (Wildman–Crippen LogP) is 0.977. The van der Waals surface area contributed by atoms with Crippen LogP contribution in [0.1, 0.15) is 5.56 Å². The maximum Gasteiger partial charge on any atom is 0.247 e. The van der Waals surface area contributed by atoms with E-state index in [2.05, 4.69) is 6.58 Å². The van der Waals surface area contributed by atoms with Gasteiger partial charge in [0.2, 0.25) is 10.0 Å². The Hall–Kier alpha value is -1.41. The molecular weight excluding hydrogens is 292 g/mol. The first-order chi connectivity index (χ1) is 10.0. The summed E-state index contributed by atoms with van der Waals surface area (Å²) in [6, 6.07) is 4.89. The molecule has 6 nitrogen and oxygen atoms in total. The first kappa shape index (κ1) is 17.6. The van der Waals surface area contributed by atoms with Crippen LogP contribution >= 0.6 is 0 Å². The largest absolute Gasteiger partial charge is 0.495 e. The van der Waals surface area contributed by atoms with Crippen molar-refractivity contribution in [3.05, 3.63) is 36.4 Å². The fourth-order valence-electron chi connectivity index (χ4n) is 1.84. The van der Waals surface area contributed by atoms with Gasteiger partial charge in [0.1, 0.15) is 10.6 Å². The number of ether oxygens (including phenoxy) is 2. The maximum atomic E-state index is 12.8. The Bertz CT molecular complexity index is 572. The van der Waals surface area contributed by atoms with Crippen molar-refractivity contribution < 1.29 is 17.9 Å². The smallest absolute Gasteiger partial charge is 0.247 e. The molecule has 0 radical (unpaired) electrons. The number of hydrogen-bond acceptors (Lipinski definition) is 5. The average molecular weight is 314 g/mol. The second kappa shape index (κ2) is 8.14. The maximum absolute atomic E-state index is 12.8. The lowest BCUT2D eigenvalue weighted by atomic mass is 10.2. The summed E-state index contributed by atoms with van der Waals surface area (Å²) in [5.74, 6) is 0.290. The third-order valence-corrected chi connectivity index (χ3v) is 4.85. The number of sulfonamides is 1. The molecule has 0 aromatic heterocycles. The van der Waals surface area contributed by atoms with Gasteiger partial charge in [-0.3, -0.25) is 0 Å². The van der Waals surface area contributed by atoms with E-state index in [0.717, 1.165) is 5.56 Å². The van der Waals surface area contributed by atoms with E-state index in [4.69, 9.17) is 15.2 Å². The van der Waals surface area contributed by atoms with Crippen LogP contribution in [0.25, 0.3) is 0 Å². The number of methoxy groups -OCH3 is 2. The van der Waals surface area contributed by atoms with Crippen molar-refractivity contribution in [2.45, 2.75) is 11.4 Å². The van der Waals surface area contributed by atoms with Crippen LogP contribution in [-0.2, 0) is 21.3 Å². The summed E-state index contributed by atoms with van der Waals surface area (Å²) in [5.41, 5.74) is 6.31. The molecule has 0 atom stereocenters. The Morgan fingerprint density at radius 1 is 1.38 bits per heavy atom. The minimum absolute atomic E-state index is 0.103. The van der Waals surface area contributed by atoms with Crippen molar-refractivity contribution in [1.29, 1.82) is 0 Å². The molecule has 0 bridgehead atoms. The summed E-state index contributed by atoms with van der Waals surface area (Å²) in [5, 5.41) is 0. The topological polar surface area (TPSA) is 81.9 Å². The zero-order chi connectivity index (χ0) is 15.9. The summed E-state index contributed by atoms with van der Waals surface area (Å²) in [6.07, 6.45) is 1.53. The summed E-state index contributed by atoms with van der Waals surface area (Å²) in [7, 11) is -0.753. The second-order valence-electron chi connectivity index (χ2n) is 4.33. The lowest BCUT2D eigenvalue weighted by Gasteiger charge is -2.22. The standard InChI is InChI=1S/C14H22N2O4S/c1-4-7-16(8-9-19-2)21(17,18)14-10-12(11-15)5-6-13(14)20-3/h4-6,10H,1,7-9,11,15H2,2-3H3. The lowest BCUT2D eigenvalue weighted by molar-refractivity contribution is 0.182. The Morgan fingerprint density at radius 2 is 2.10 bits per heavy atom. The van der Waals surface area contributed by atoms with E-state index >= 15 is 0 Å². The quantitative estimate of drug-likeness (QED) is 0.687. The Kier molecular flexibility index (Phi) is 6.83. The minimum Gasteiger partial charge on any atom is -0.495 e. The molecule has 118 valence electrons. The highest BCUT2D eigenvalue weighted by Gasteiger charge is 2.27. The van der Waals surface area contributed by atoms with Crippen LogP contribution in [0.4, 0.5) is 0 Å².